The number of hydrogen-bond donors (Lipinski definition) is 2. The molecule has 2 aliphatic heterocycles. The molecule has 1 unspecified atom stereocenters. The molecule has 20 heavy (non-hydrogen) atoms. The van der Waals surface area contributed by atoms with Crippen molar-refractivity contribution in [3.05, 3.63) is 0 Å². The summed E-state index contributed by atoms with van der Waals surface area (Å²) in [6, 6.07) is 0.243. The maximum Gasteiger partial charge on any atom is 0.229 e. The standard InChI is InChI=1S/C15H27N3O2/c1-3-4-13(19)17-12-5-9-18(10-6-12)14(20)15(2)7-8-16-11-15/h12,16H,3-11H2,1-2H3,(H,17,19). The van der Waals surface area contributed by atoms with Gasteiger partial charge in [0.15, 0.2) is 0 Å². The van der Waals surface area contributed by atoms with Crippen LogP contribution in [0.15, 0.2) is 0 Å². The van der Waals surface area contributed by atoms with Crippen LogP contribution in [0, 0.1) is 5.41 Å². The van der Waals surface area contributed by atoms with E-state index >= 15 is 0 Å². The van der Waals surface area contributed by atoms with Crippen LogP contribution < -0.4 is 10.6 Å². The van der Waals surface area contributed by atoms with E-state index in [-0.39, 0.29) is 23.3 Å². The van der Waals surface area contributed by atoms with Gasteiger partial charge in [-0.25, -0.2) is 0 Å². The normalized spacial score (nSPS) is 27.6. The van der Waals surface area contributed by atoms with Gasteiger partial charge in [-0.3, -0.25) is 9.59 Å². The molecule has 0 saturated carbocycles. The zero-order valence-electron chi connectivity index (χ0n) is 12.7. The maximum absolute atomic E-state index is 12.6. The highest BCUT2D eigenvalue weighted by Crippen LogP contribution is 2.28. The van der Waals surface area contributed by atoms with E-state index in [0.29, 0.717) is 6.42 Å². The van der Waals surface area contributed by atoms with Crippen LogP contribution in [0.5, 0.6) is 0 Å². The molecule has 0 aromatic carbocycles. The fourth-order valence-corrected chi connectivity index (χ4v) is 3.14. The number of carbonyl (C=O) groups excluding carboxylic acids is 2. The van der Waals surface area contributed by atoms with Crippen LogP contribution in [0.4, 0.5) is 0 Å². The van der Waals surface area contributed by atoms with E-state index in [0.717, 1.165) is 51.9 Å². The summed E-state index contributed by atoms with van der Waals surface area (Å²) in [5.41, 5.74) is -0.224. The van der Waals surface area contributed by atoms with Crippen molar-refractivity contribution in [3.8, 4) is 0 Å². The third-order valence-electron chi connectivity index (χ3n) is 4.51. The monoisotopic (exact) mass is 281 g/mol. The first-order valence-electron chi connectivity index (χ1n) is 7.84. The third kappa shape index (κ3) is 3.51. The molecule has 5 nitrogen and oxygen atoms in total. The molecule has 2 fully saturated rings. The molecular weight excluding hydrogens is 254 g/mol. The molecule has 114 valence electrons. The SMILES string of the molecule is CCCC(=O)NC1CCN(C(=O)C2(C)CCNC2)CC1. The Balaban J connectivity index is 1.79. The summed E-state index contributed by atoms with van der Waals surface area (Å²) in [5.74, 6) is 0.421. The average molecular weight is 281 g/mol. The highest BCUT2D eigenvalue weighted by molar-refractivity contribution is 5.83. The maximum atomic E-state index is 12.6. The van der Waals surface area contributed by atoms with Gasteiger partial charge in [-0.05, 0) is 39.2 Å². The predicted molar refractivity (Wildman–Crippen MR) is 78.2 cm³/mol. The van der Waals surface area contributed by atoms with Crippen LogP contribution >= 0.6 is 0 Å². The smallest absolute Gasteiger partial charge is 0.229 e. The fourth-order valence-electron chi connectivity index (χ4n) is 3.14. The Morgan fingerprint density at radius 1 is 1.35 bits per heavy atom. The van der Waals surface area contributed by atoms with Gasteiger partial charge in [0, 0.05) is 32.1 Å². The molecule has 2 rings (SSSR count). The molecular formula is C15H27N3O2. The number of rotatable bonds is 4. The van der Waals surface area contributed by atoms with Crippen molar-refractivity contribution in [1.29, 1.82) is 0 Å². The minimum Gasteiger partial charge on any atom is -0.353 e. The Bertz CT molecular complexity index is 356. The van der Waals surface area contributed by atoms with Crippen LogP contribution in [0.1, 0.15) is 46.0 Å². The Kier molecular flexibility index (Phi) is 5.02. The van der Waals surface area contributed by atoms with Crippen molar-refractivity contribution in [2.75, 3.05) is 26.2 Å². The van der Waals surface area contributed by atoms with Crippen molar-refractivity contribution >= 4 is 11.8 Å². The van der Waals surface area contributed by atoms with Crippen molar-refractivity contribution in [2.24, 2.45) is 5.41 Å². The molecule has 2 heterocycles. The topological polar surface area (TPSA) is 61.4 Å². The minimum absolute atomic E-state index is 0.143. The van der Waals surface area contributed by atoms with E-state index in [1.165, 1.54) is 0 Å². The van der Waals surface area contributed by atoms with Gasteiger partial charge in [0.1, 0.15) is 0 Å². The Hall–Kier alpha value is -1.10. The number of likely N-dealkylation sites (tertiary alicyclic amines) is 1. The van der Waals surface area contributed by atoms with Gasteiger partial charge >= 0.3 is 0 Å². The number of carbonyl (C=O) groups is 2. The van der Waals surface area contributed by atoms with Gasteiger partial charge in [-0.15, -0.1) is 0 Å². The lowest BCUT2D eigenvalue weighted by atomic mass is 9.87. The quantitative estimate of drug-likeness (QED) is 0.804. The zero-order chi connectivity index (χ0) is 14.6. The van der Waals surface area contributed by atoms with E-state index in [9.17, 15) is 9.59 Å². The lowest BCUT2D eigenvalue weighted by Gasteiger charge is -2.36. The Morgan fingerprint density at radius 3 is 2.60 bits per heavy atom. The summed E-state index contributed by atoms with van der Waals surface area (Å²) >= 11 is 0. The Labute approximate surface area is 121 Å². The molecule has 5 heteroatoms. The van der Waals surface area contributed by atoms with Crippen LogP contribution in [-0.4, -0.2) is 48.9 Å². The summed E-state index contributed by atoms with van der Waals surface area (Å²) in [7, 11) is 0. The van der Waals surface area contributed by atoms with Crippen molar-refractivity contribution in [3.63, 3.8) is 0 Å². The number of amides is 2. The van der Waals surface area contributed by atoms with Gasteiger partial charge in [-0.1, -0.05) is 6.92 Å². The summed E-state index contributed by atoms with van der Waals surface area (Å²) in [6.07, 6.45) is 4.17. The van der Waals surface area contributed by atoms with Crippen LogP contribution in [0.2, 0.25) is 0 Å². The second-order valence-corrected chi connectivity index (χ2v) is 6.37. The average Bonchev–Trinajstić information content (AvgIpc) is 2.87. The first-order valence-corrected chi connectivity index (χ1v) is 7.84. The minimum atomic E-state index is -0.224. The van der Waals surface area contributed by atoms with E-state index in [4.69, 9.17) is 0 Å². The number of piperidine rings is 1. The zero-order valence-corrected chi connectivity index (χ0v) is 12.7. The second kappa shape index (κ2) is 6.57. The third-order valence-corrected chi connectivity index (χ3v) is 4.51. The van der Waals surface area contributed by atoms with E-state index < -0.39 is 0 Å². The molecule has 2 amide bonds. The van der Waals surface area contributed by atoms with Crippen molar-refractivity contribution in [2.45, 2.75) is 52.0 Å². The van der Waals surface area contributed by atoms with E-state index in [2.05, 4.69) is 17.6 Å². The number of nitrogens with zero attached hydrogens (tertiary/aromatic N) is 1. The molecule has 0 aromatic heterocycles. The molecule has 2 N–H and O–H groups in total. The van der Waals surface area contributed by atoms with Crippen LogP contribution in [0.25, 0.3) is 0 Å². The summed E-state index contributed by atoms with van der Waals surface area (Å²) in [5, 5.41) is 6.35. The number of hydrogen-bond acceptors (Lipinski definition) is 3. The molecule has 0 radical (unpaired) electrons. The van der Waals surface area contributed by atoms with Gasteiger partial charge in [0.05, 0.1) is 5.41 Å². The molecule has 2 saturated heterocycles. The first-order chi connectivity index (χ1) is 9.55. The second-order valence-electron chi connectivity index (χ2n) is 6.37. The molecule has 0 spiro atoms. The van der Waals surface area contributed by atoms with E-state index in [1.54, 1.807) is 0 Å². The summed E-state index contributed by atoms with van der Waals surface area (Å²) in [4.78, 5) is 26.1. The van der Waals surface area contributed by atoms with Crippen molar-refractivity contribution < 1.29 is 9.59 Å². The highest BCUT2D eigenvalue weighted by Gasteiger charge is 2.40. The molecule has 0 aromatic rings. The first kappa shape index (κ1) is 15.3. The van der Waals surface area contributed by atoms with Crippen LogP contribution in [0.3, 0.4) is 0 Å². The lowest BCUT2D eigenvalue weighted by Crippen LogP contribution is -2.50. The van der Waals surface area contributed by atoms with Crippen molar-refractivity contribution in [1.82, 2.24) is 15.5 Å². The molecule has 1 atom stereocenters. The van der Waals surface area contributed by atoms with E-state index in [1.807, 2.05) is 11.8 Å². The van der Waals surface area contributed by atoms with Crippen LogP contribution in [-0.2, 0) is 9.59 Å². The largest absolute Gasteiger partial charge is 0.353 e. The summed E-state index contributed by atoms with van der Waals surface area (Å²) < 4.78 is 0. The molecule has 0 bridgehead atoms. The predicted octanol–water partition coefficient (Wildman–Crippen LogP) is 0.893. The van der Waals surface area contributed by atoms with Gasteiger partial charge in [0.2, 0.25) is 11.8 Å². The molecule has 2 aliphatic rings. The van der Waals surface area contributed by atoms with Gasteiger partial charge < -0.3 is 15.5 Å². The summed E-state index contributed by atoms with van der Waals surface area (Å²) in [6.45, 7) is 7.34. The lowest BCUT2D eigenvalue weighted by molar-refractivity contribution is -0.141. The highest BCUT2D eigenvalue weighted by atomic mass is 16.2. The van der Waals surface area contributed by atoms with Gasteiger partial charge in [-0.2, -0.15) is 0 Å². The van der Waals surface area contributed by atoms with Gasteiger partial charge in [0.25, 0.3) is 0 Å². The Morgan fingerprint density at radius 2 is 2.05 bits per heavy atom. The molecule has 0 aliphatic carbocycles. The number of nitrogens with one attached hydrogen (secondary N) is 2. The fraction of sp³-hybridized carbons (Fsp3) is 0.867.